The summed E-state index contributed by atoms with van der Waals surface area (Å²) in [6, 6.07) is 8.23. The Labute approximate surface area is 66.5 Å². The van der Waals surface area contributed by atoms with Crippen LogP contribution in [0.15, 0.2) is 43.0 Å². The molecule has 0 aliphatic carbocycles. The van der Waals surface area contributed by atoms with E-state index in [1.807, 2.05) is 6.07 Å². The van der Waals surface area contributed by atoms with Gasteiger partial charge < -0.3 is 4.74 Å². The zero-order valence-corrected chi connectivity index (χ0v) is 5.91. The Hall–Kier alpha value is -1.57. The van der Waals surface area contributed by atoms with Gasteiger partial charge in [-0.1, -0.05) is 24.8 Å². The fourth-order valence-electron chi connectivity index (χ4n) is 0.632. The van der Waals surface area contributed by atoms with Crippen molar-refractivity contribution in [2.45, 2.75) is 0 Å². The lowest BCUT2D eigenvalue weighted by atomic mass is 10.3. The van der Waals surface area contributed by atoms with Crippen molar-refractivity contribution in [1.29, 1.82) is 0 Å². The second-order valence-electron chi connectivity index (χ2n) is 1.88. The molecular formula is C9H8O2. The standard InChI is InChI=1S/C9H8O2/c1-2-9(10)11-8-6-4-3-5-7-8/h2-7H,1H2/i2D. The summed E-state index contributed by atoms with van der Waals surface area (Å²) in [5, 5.41) is 0. The Kier molecular flexibility index (Phi) is 1.99. The Morgan fingerprint density at radius 3 is 2.73 bits per heavy atom. The van der Waals surface area contributed by atoms with Crippen LogP contribution in [0.2, 0.25) is 0 Å². The first-order chi connectivity index (χ1) is 5.70. The van der Waals surface area contributed by atoms with E-state index in [2.05, 4.69) is 6.58 Å². The van der Waals surface area contributed by atoms with Gasteiger partial charge in [0.15, 0.2) is 0 Å². The number of carbonyl (C=O) groups excluding carboxylic acids is 1. The van der Waals surface area contributed by atoms with Crippen LogP contribution in [0, 0.1) is 0 Å². The van der Waals surface area contributed by atoms with Gasteiger partial charge in [0.25, 0.3) is 0 Å². The van der Waals surface area contributed by atoms with Crippen LogP contribution >= 0.6 is 0 Å². The number of ether oxygens (including phenoxy) is 1. The fraction of sp³-hybridized carbons (Fsp3) is 0. The van der Waals surface area contributed by atoms with E-state index in [1.165, 1.54) is 0 Å². The van der Waals surface area contributed by atoms with Crippen LogP contribution < -0.4 is 4.74 Å². The van der Waals surface area contributed by atoms with Gasteiger partial charge in [0, 0.05) is 6.05 Å². The number of esters is 1. The van der Waals surface area contributed by atoms with Crippen LogP contribution in [0.4, 0.5) is 0 Å². The zero-order chi connectivity index (χ0) is 8.97. The molecule has 0 atom stereocenters. The zero-order valence-electron chi connectivity index (χ0n) is 6.91. The molecule has 11 heavy (non-hydrogen) atoms. The molecule has 0 unspecified atom stereocenters. The molecule has 0 saturated carbocycles. The first kappa shape index (κ1) is 6.16. The summed E-state index contributed by atoms with van der Waals surface area (Å²) in [6.45, 7) is 3.14. The van der Waals surface area contributed by atoms with Gasteiger partial charge in [-0.3, -0.25) is 0 Å². The van der Waals surface area contributed by atoms with Gasteiger partial charge in [-0.05, 0) is 12.1 Å². The number of hydrogen-bond acceptors (Lipinski definition) is 2. The van der Waals surface area contributed by atoms with Gasteiger partial charge in [-0.15, -0.1) is 0 Å². The molecule has 0 fully saturated rings. The molecule has 0 aromatic heterocycles. The minimum Gasteiger partial charge on any atom is -0.423 e. The van der Waals surface area contributed by atoms with Crippen molar-refractivity contribution in [2.24, 2.45) is 0 Å². The van der Waals surface area contributed by atoms with Crippen molar-refractivity contribution in [3.8, 4) is 5.75 Å². The molecule has 0 aliphatic heterocycles. The molecule has 0 bridgehead atoms. The number of benzene rings is 1. The largest absolute Gasteiger partial charge is 0.423 e. The number of rotatable bonds is 2. The van der Waals surface area contributed by atoms with Crippen LogP contribution in [-0.2, 0) is 4.79 Å². The number of para-hydroxylation sites is 1. The first-order valence-corrected chi connectivity index (χ1v) is 3.13. The quantitative estimate of drug-likeness (QED) is 0.364. The molecule has 2 nitrogen and oxygen atoms in total. The van der Waals surface area contributed by atoms with Crippen LogP contribution in [0.3, 0.4) is 0 Å². The van der Waals surface area contributed by atoms with E-state index in [0.717, 1.165) is 0 Å². The Balaban J connectivity index is 2.65. The lowest BCUT2D eigenvalue weighted by Crippen LogP contribution is -2.02. The van der Waals surface area contributed by atoms with Crippen molar-refractivity contribution < 1.29 is 10.9 Å². The summed E-state index contributed by atoms with van der Waals surface area (Å²) in [4.78, 5) is 10.8. The first-order valence-electron chi connectivity index (χ1n) is 3.63. The highest BCUT2D eigenvalue weighted by Crippen LogP contribution is 2.07. The molecular weight excluding hydrogens is 140 g/mol. The van der Waals surface area contributed by atoms with E-state index < -0.39 is 5.97 Å². The third kappa shape index (κ3) is 2.26. The highest BCUT2D eigenvalue weighted by molar-refractivity contribution is 5.83. The third-order valence-electron chi connectivity index (χ3n) is 1.10. The van der Waals surface area contributed by atoms with Crippen molar-refractivity contribution in [1.82, 2.24) is 0 Å². The topological polar surface area (TPSA) is 26.3 Å². The van der Waals surface area contributed by atoms with Gasteiger partial charge in [0.05, 0.1) is 1.37 Å². The predicted molar refractivity (Wildman–Crippen MR) is 42.3 cm³/mol. The highest BCUT2D eigenvalue weighted by Gasteiger charge is 1.95. The number of hydrogen-bond donors (Lipinski definition) is 0. The smallest absolute Gasteiger partial charge is 0.335 e. The molecule has 0 heterocycles. The Morgan fingerprint density at radius 1 is 1.55 bits per heavy atom. The fourth-order valence-corrected chi connectivity index (χ4v) is 0.632. The predicted octanol–water partition coefficient (Wildman–Crippen LogP) is 1.78. The molecule has 2 heteroatoms. The van der Waals surface area contributed by atoms with Gasteiger partial charge in [-0.25, -0.2) is 4.79 Å². The van der Waals surface area contributed by atoms with Crippen molar-refractivity contribution >= 4 is 5.97 Å². The van der Waals surface area contributed by atoms with E-state index in [4.69, 9.17) is 6.11 Å². The highest BCUT2D eigenvalue weighted by atomic mass is 16.5. The van der Waals surface area contributed by atoms with Crippen molar-refractivity contribution in [2.75, 3.05) is 0 Å². The molecule has 1 rings (SSSR count). The second-order valence-corrected chi connectivity index (χ2v) is 1.88. The van der Waals surface area contributed by atoms with E-state index in [0.29, 0.717) is 5.75 Å². The average Bonchev–Trinajstić information content (AvgIpc) is 2.06. The molecule has 0 N–H and O–H groups in total. The number of carbonyl (C=O) groups is 1. The van der Waals surface area contributed by atoms with Gasteiger partial charge >= 0.3 is 5.97 Å². The molecule has 0 radical (unpaired) electrons. The normalized spacial score (nSPS) is 10.0. The molecule has 1 aromatic carbocycles. The summed E-state index contributed by atoms with van der Waals surface area (Å²) in [5.41, 5.74) is 0. The average molecular weight is 149 g/mol. The SMILES string of the molecule is [2H]C(=C)C(=O)Oc1ccccc1. The minimum atomic E-state index is -0.721. The Morgan fingerprint density at radius 2 is 2.18 bits per heavy atom. The molecule has 0 spiro atoms. The maximum Gasteiger partial charge on any atom is 0.335 e. The minimum absolute atomic E-state index is 0.348. The second kappa shape index (κ2) is 3.56. The van der Waals surface area contributed by atoms with Crippen LogP contribution in [0.25, 0.3) is 0 Å². The van der Waals surface area contributed by atoms with Crippen LogP contribution in [-0.4, -0.2) is 5.97 Å². The maximum absolute atomic E-state index is 10.8. The molecule has 0 amide bonds. The lowest BCUT2D eigenvalue weighted by molar-refractivity contribution is -0.128. The summed E-state index contributed by atoms with van der Waals surface area (Å²) in [5.74, 6) is -0.294. The summed E-state index contributed by atoms with van der Waals surface area (Å²) < 4.78 is 11.6. The summed E-state index contributed by atoms with van der Waals surface area (Å²) >= 11 is 0. The van der Waals surface area contributed by atoms with Gasteiger partial charge in [0.1, 0.15) is 5.75 Å². The summed E-state index contributed by atoms with van der Waals surface area (Å²) in [7, 11) is 0. The lowest BCUT2D eigenvalue weighted by Gasteiger charge is -1.98. The Bertz CT molecular complexity index is 293. The monoisotopic (exact) mass is 149 g/mol. The van der Waals surface area contributed by atoms with Crippen molar-refractivity contribution in [3.05, 3.63) is 43.0 Å². The third-order valence-corrected chi connectivity index (χ3v) is 1.10. The van der Waals surface area contributed by atoms with Gasteiger partial charge in [0.2, 0.25) is 0 Å². The van der Waals surface area contributed by atoms with Crippen LogP contribution in [0.1, 0.15) is 1.37 Å². The van der Waals surface area contributed by atoms with E-state index in [-0.39, 0.29) is 6.05 Å². The maximum atomic E-state index is 10.8. The summed E-state index contributed by atoms with van der Waals surface area (Å²) in [6.07, 6.45) is 0. The van der Waals surface area contributed by atoms with Crippen molar-refractivity contribution in [3.63, 3.8) is 0 Å². The van der Waals surface area contributed by atoms with Gasteiger partial charge in [-0.2, -0.15) is 0 Å². The molecule has 1 aromatic rings. The molecule has 0 saturated heterocycles. The van der Waals surface area contributed by atoms with Crippen LogP contribution in [0.5, 0.6) is 5.75 Å². The van der Waals surface area contributed by atoms with E-state index >= 15 is 0 Å². The van der Waals surface area contributed by atoms with E-state index in [9.17, 15) is 4.79 Å². The molecule has 0 aliphatic rings. The molecule has 56 valence electrons. The van der Waals surface area contributed by atoms with E-state index in [1.54, 1.807) is 24.3 Å².